The smallest absolute Gasteiger partial charge is 0.251 e. The Bertz CT molecular complexity index is 668. The van der Waals surface area contributed by atoms with Gasteiger partial charge in [0.15, 0.2) is 0 Å². The van der Waals surface area contributed by atoms with E-state index in [1.54, 1.807) is 6.07 Å². The van der Waals surface area contributed by atoms with E-state index >= 15 is 0 Å². The molecule has 2 aromatic rings. The number of benzene rings is 1. The molecule has 21 heavy (non-hydrogen) atoms. The van der Waals surface area contributed by atoms with E-state index in [9.17, 15) is 4.79 Å². The van der Waals surface area contributed by atoms with Crippen LogP contribution < -0.4 is 10.9 Å². The van der Waals surface area contributed by atoms with Gasteiger partial charge < -0.3 is 10.3 Å². The van der Waals surface area contributed by atoms with Crippen LogP contribution in [0, 0.1) is 6.92 Å². The summed E-state index contributed by atoms with van der Waals surface area (Å²) < 4.78 is 0. The molecule has 0 atom stereocenters. The Morgan fingerprint density at radius 3 is 2.67 bits per heavy atom. The van der Waals surface area contributed by atoms with Gasteiger partial charge in [-0.15, -0.1) is 0 Å². The molecule has 0 amide bonds. The van der Waals surface area contributed by atoms with Crippen molar-refractivity contribution in [3.63, 3.8) is 0 Å². The van der Waals surface area contributed by atoms with Gasteiger partial charge in [-0.05, 0) is 33.3 Å². The molecule has 0 aliphatic carbocycles. The molecule has 1 heterocycles. The highest BCUT2D eigenvalue weighted by atomic mass is 16.1. The van der Waals surface area contributed by atoms with Crippen LogP contribution in [0.2, 0.25) is 0 Å². The van der Waals surface area contributed by atoms with Crippen LogP contribution in [-0.4, -0.2) is 15.5 Å². The number of aromatic amines is 1. The van der Waals surface area contributed by atoms with Crippen molar-refractivity contribution in [3.8, 4) is 0 Å². The summed E-state index contributed by atoms with van der Waals surface area (Å²) in [5, 5.41) is 3.35. The average Bonchev–Trinajstić information content (AvgIpc) is 2.35. The number of aromatic nitrogens is 2. The number of rotatable bonds is 4. The van der Waals surface area contributed by atoms with Gasteiger partial charge in [0.05, 0.1) is 5.69 Å². The largest absolute Gasteiger partial charge is 0.310 e. The molecule has 0 radical (unpaired) electrons. The summed E-state index contributed by atoms with van der Waals surface area (Å²) in [6.07, 6.45) is 0.639. The molecule has 0 spiro atoms. The standard InChI is InChI=1S/C17H23N3O/c1-12-6-5-7-13(8-12)9-15-19-14(10-16(21)20-15)11-18-17(2,3)4/h5-8,10,18H,9,11H2,1-4H3,(H,19,20,21). The monoisotopic (exact) mass is 285 g/mol. The van der Waals surface area contributed by atoms with Crippen LogP contribution in [0.1, 0.15) is 43.4 Å². The highest BCUT2D eigenvalue weighted by Gasteiger charge is 2.10. The molecular formula is C17H23N3O. The summed E-state index contributed by atoms with van der Waals surface area (Å²) in [5.74, 6) is 0.707. The molecule has 0 saturated carbocycles. The molecule has 0 fully saturated rings. The molecule has 0 aliphatic rings. The van der Waals surface area contributed by atoms with Crippen LogP contribution in [0.25, 0.3) is 0 Å². The highest BCUT2D eigenvalue weighted by molar-refractivity contribution is 5.25. The van der Waals surface area contributed by atoms with Gasteiger partial charge in [0.2, 0.25) is 0 Å². The predicted molar refractivity (Wildman–Crippen MR) is 85.4 cm³/mol. The number of hydrogen-bond acceptors (Lipinski definition) is 3. The normalized spacial score (nSPS) is 11.6. The lowest BCUT2D eigenvalue weighted by Crippen LogP contribution is -2.35. The molecule has 0 saturated heterocycles. The molecule has 2 N–H and O–H groups in total. The van der Waals surface area contributed by atoms with Crippen LogP contribution in [-0.2, 0) is 13.0 Å². The zero-order chi connectivity index (χ0) is 15.5. The molecule has 4 nitrogen and oxygen atoms in total. The van der Waals surface area contributed by atoms with Gasteiger partial charge in [0, 0.05) is 24.6 Å². The molecule has 4 heteroatoms. The fourth-order valence-corrected chi connectivity index (χ4v) is 2.11. The second-order valence-corrected chi connectivity index (χ2v) is 6.45. The first-order chi connectivity index (χ1) is 9.82. The maximum absolute atomic E-state index is 11.8. The van der Waals surface area contributed by atoms with Gasteiger partial charge in [-0.3, -0.25) is 4.79 Å². The summed E-state index contributed by atoms with van der Waals surface area (Å²) in [4.78, 5) is 19.1. The van der Waals surface area contributed by atoms with E-state index in [1.165, 1.54) is 5.56 Å². The third-order valence-corrected chi connectivity index (χ3v) is 3.10. The number of aryl methyl sites for hydroxylation is 1. The number of nitrogens with zero attached hydrogens (tertiary/aromatic N) is 1. The summed E-state index contributed by atoms with van der Waals surface area (Å²) in [6, 6.07) is 9.79. The number of H-pyrrole nitrogens is 1. The minimum Gasteiger partial charge on any atom is -0.310 e. The molecule has 1 aromatic heterocycles. The Morgan fingerprint density at radius 2 is 2.00 bits per heavy atom. The van der Waals surface area contributed by atoms with E-state index in [4.69, 9.17) is 0 Å². The van der Waals surface area contributed by atoms with E-state index < -0.39 is 0 Å². The first kappa shape index (κ1) is 15.4. The second-order valence-electron chi connectivity index (χ2n) is 6.45. The van der Waals surface area contributed by atoms with E-state index in [0.717, 1.165) is 11.3 Å². The summed E-state index contributed by atoms with van der Waals surface area (Å²) >= 11 is 0. The van der Waals surface area contributed by atoms with Crippen LogP contribution >= 0.6 is 0 Å². The minimum atomic E-state index is -0.0987. The van der Waals surface area contributed by atoms with Gasteiger partial charge in [-0.25, -0.2) is 4.98 Å². The Balaban J connectivity index is 2.17. The van der Waals surface area contributed by atoms with Crippen molar-refractivity contribution in [3.05, 3.63) is 63.3 Å². The molecule has 0 bridgehead atoms. The SMILES string of the molecule is Cc1cccc(Cc2nc(CNC(C)(C)C)cc(=O)[nH]2)c1. The van der Waals surface area contributed by atoms with E-state index in [1.807, 2.05) is 12.1 Å². The maximum Gasteiger partial charge on any atom is 0.251 e. The Hall–Kier alpha value is -1.94. The average molecular weight is 285 g/mol. The Kier molecular flexibility index (Phi) is 4.58. The van der Waals surface area contributed by atoms with Crippen molar-refractivity contribution >= 4 is 0 Å². The highest BCUT2D eigenvalue weighted by Crippen LogP contribution is 2.08. The Labute approximate surface area is 125 Å². The summed E-state index contributed by atoms with van der Waals surface area (Å²) in [6.45, 7) is 8.92. The van der Waals surface area contributed by atoms with Crippen molar-refractivity contribution in [2.45, 2.75) is 46.2 Å². The van der Waals surface area contributed by atoms with Crippen molar-refractivity contribution < 1.29 is 0 Å². The first-order valence-corrected chi connectivity index (χ1v) is 7.21. The third-order valence-electron chi connectivity index (χ3n) is 3.10. The summed E-state index contributed by atoms with van der Waals surface area (Å²) in [5.41, 5.74) is 3.04. The lowest BCUT2D eigenvalue weighted by Gasteiger charge is -2.20. The zero-order valence-corrected chi connectivity index (χ0v) is 13.2. The summed E-state index contributed by atoms with van der Waals surface area (Å²) in [7, 11) is 0. The molecule has 1 aromatic carbocycles. The molecule has 0 aliphatic heterocycles. The minimum absolute atomic E-state index is 0.000981. The second kappa shape index (κ2) is 6.22. The van der Waals surface area contributed by atoms with Gasteiger partial charge in [-0.1, -0.05) is 29.8 Å². The van der Waals surface area contributed by atoms with Crippen molar-refractivity contribution in [1.82, 2.24) is 15.3 Å². The van der Waals surface area contributed by atoms with Crippen LogP contribution in [0.5, 0.6) is 0 Å². The Morgan fingerprint density at radius 1 is 1.24 bits per heavy atom. The quantitative estimate of drug-likeness (QED) is 0.907. The van der Waals surface area contributed by atoms with E-state index in [2.05, 4.69) is 55.1 Å². The maximum atomic E-state index is 11.8. The van der Waals surface area contributed by atoms with Gasteiger partial charge in [0.25, 0.3) is 5.56 Å². The van der Waals surface area contributed by atoms with Crippen LogP contribution in [0.3, 0.4) is 0 Å². The zero-order valence-electron chi connectivity index (χ0n) is 13.2. The lowest BCUT2D eigenvalue weighted by molar-refractivity contribution is 0.420. The fraction of sp³-hybridized carbons (Fsp3) is 0.412. The molecular weight excluding hydrogens is 262 g/mol. The van der Waals surface area contributed by atoms with Crippen LogP contribution in [0.15, 0.2) is 35.1 Å². The topological polar surface area (TPSA) is 57.8 Å². The third kappa shape index (κ3) is 5.16. The fourth-order valence-electron chi connectivity index (χ4n) is 2.11. The lowest BCUT2D eigenvalue weighted by atomic mass is 10.1. The molecule has 2 rings (SSSR count). The van der Waals surface area contributed by atoms with E-state index in [0.29, 0.717) is 18.8 Å². The van der Waals surface area contributed by atoms with Crippen molar-refractivity contribution in [2.24, 2.45) is 0 Å². The van der Waals surface area contributed by atoms with Gasteiger partial charge >= 0.3 is 0 Å². The van der Waals surface area contributed by atoms with E-state index in [-0.39, 0.29) is 11.1 Å². The molecule has 112 valence electrons. The first-order valence-electron chi connectivity index (χ1n) is 7.21. The van der Waals surface area contributed by atoms with Crippen molar-refractivity contribution in [1.29, 1.82) is 0 Å². The molecule has 0 unspecified atom stereocenters. The van der Waals surface area contributed by atoms with Gasteiger partial charge in [-0.2, -0.15) is 0 Å². The predicted octanol–water partition coefficient (Wildman–Crippen LogP) is 2.56. The number of nitrogens with one attached hydrogen (secondary N) is 2. The van der Waals surface area contributed by atoms with Crippen molar-refractivity contribution in [2.75, 3.05) is 0 Å². The van der Waals surface area contributed by atoms with Gasteiger partial charge in [0.1, 0.15) is 5.82 Å². The number of hydrogen-bond donors (Lipinski definition) is 2. The van der Waals surface area contributed by atoms with Crippen LogP contribution in [0.4, 0.5) is 0 Å².